The van der Waals surface area contributed by atoms with E-state index in [-0.39, 0.29) is 6.04 Å². The summed E-state index contributed by atoms with van der Waals surface area (Å²) in [6.45, 7) is 1.39. The second kappa shape index (κ2) is 7.95. The number of ether oxygens (including phenoxy) is 1. The predicted octanol–water partition coefficient (Wildman–Crippen LogP) is 3.06. The van der Waals surface area contributed by atoms with Gasteiger partial charge in [0.1, 0.15) is 5.75 Å². The molecule has 1 atom stereocenters. The van der Waals surface area contributed by atoms with Crippen molar-refractivity contribution in [1.82, 2.24) is 20.4 Å². The number of benzene rings is 2. The minimum atomic E-state index is 0.191. The summed E-state index contributed by atoms with van der Waals surface area (Å²) in [4.78, 5) is 4.38. The lowest BCUT2D eigenvalue weighted by Crippen LogP contribution is -2.40. The molecule has 138 valence electrons. The third-order valence-electron chi connectivity index (χ3n) is 4.63. The molecule has 0 amide bonds. The molecular formula is C21H23N5O. The maximum absolute atomic E-state index is 5.74. The van der Waals surface area contributed by atoms with Crippen molar-refractivity contribution in [3.05, 3.63) is 78.1 Å². The van der Waals surface area contributed by atoms with Crippen molar-refractivity contribution in [3.63, 3.8) is 0 Å². The van der Waals surface area contributed by atoms with Gasteiger partial charge in [-0.2, -0.15) is 5.10 Å². The number of guanidine groups is 1. The molecule has 6 heteroatoms. The molecular weight excluding hydrogens is 338 g/mol. The van der Waals surface area contributed by atoms with E-state index < -0.39 is 0 Å². The van der Waals surface area contributed by atoms with Crippen LogP contribution in [0.15, 0.2) is 72.0 Å². The second-order valence-corrected chi connectivity index (χ2v) is 6.42. The SMILES string of the molecule is CN=C(NCc1cccc(-n2cccn2)c1)NC1CCOc2ccccc21. The molecule has 2 aromatic carbocycles. The molecule has 0 fully saturated rings. The summed E-state index contributed by atoms with van der Waals surface area (Å²) in [5, 5.41) is 11.2. The molecule has 2 heterocycles. The van der Waals surface area contributed by atoms with E-state index in [9.17, 15) is 0 Å². The maximum atomic E-state index is 5.74. The Morgan fingerprint density at radius 2 is 2.15 bits per heavy atom. The van der Waals surface area contributed by atoms with Crippen molar-refractivity contribution < 1.29 is 4.74 Å². The molecule has 2 N–H and O–H groups in total. The number of nitrogens with one attached hydrogen (secondary N) is 2. The average Bonchev–Trinajstić information content (AvgIpc) is 3.26. The fraction of sp³-hybridized carbons (Fsp3) is 0.238. The minimum absolute atomic E-state index is 0.191. The maximum Gasteiger partial charge on any atom is 0.191 e. The summed E-state index contributed by atoms with van der Waals surface area (Å²) >= 11 is 0. The Morgan fingerprint density at radius 1 is 1.22 bits per heavy atom. The lowest BCUT2D eigenvalue weighted by molar-refractivity contribution is 0.261. The van der Waals surface area contributed by atoms with Gasteiger partial charge >= 0.3 is 0 Å². The number of para-hydroxylation sites is 1. The minimum Gasteiger partial charge on any atom is -0.493 e. The van der Waals surface area contributed by atoms with Crippen LogP contribution in [0.2, 0.25) is 0 Å². The van der Waals surface area contributed by atoms with Crippen LogP contribution in [-0.2, 0) is 6.54 Å². The third kappa shape index (κ3) is 3.95. The number of aliphatic imine (C=N–C) groups is 1. The highest BCUT2D eigenvalue weighted by Crippen LogP contribution is 2.31. The third-order valence-corrected chi connectivity index (χ3v) is 4.63. The van der Waals surface area contributed by atoms with E-state index in [1.54, 1.807) is 13.2 Å². The largest absolute Gasteiger partial charge is 0.493 e. The summed E-state index contributed by atoms with van der Waals surface area (Å²) in [5.74, 6) is 1.73. The van der Waals surface area contributed by atoms with E-state index in [1.807, 2.05) is 47.3 Å². The zero-order valence-corrected chi connectivity index (χ0v) is 15.3. The topological polar surface area (TPSA) is 63.5 Å². The molecule has 1 aromatic heterocycles. The van der Waals surface area contributed by atoms with Crippen molar-refractivity contribution in [3.8, 4) is 11.4 Å². The van der Waals surface area contributed by atoms with Crippen LogP contribution in [0.1, 0.15) is 23.6 Å². The van der Waals surface area contributed by atoms with Gasteiger partial charge in [-0.15, -0.1) is 0 Å². The Labute approximate surface area is 158 Å². The molecule has 0 saturated heterocycles. The molecule has 1 unspecified atom stereocenters. The van der Waals surface area contributed by atoms with Gasteiger partial charge in [0.2, 0.25) is 0 Å². The van der Waals surface area contributed by atoms with E-state index in [0.29, 0.717) is 13.2 Å². The average molecular weight is 361 g/mol. The smallest absolute Gasteiger partial charge is 0.191 e. The summed E-state index contributed by atoms with van der Waals surface area (Å²) in [5.41, 5.74) is 3.38. The highest BCUT2D eigenvalue weighted by Gasteiger charge is 2.21. The van der Waals surface area contributed by atoms with E-state index in [0.717, 1.165) is 23.8 Å². The van der Waals surface area contributed by atoms with Gasteiger partial charge in [0, 0.05) is 38.0 Å². The molecule has 0 aliphatic carbocycles. The van der Waals surface area contributed by atoms with Crippen LogP contribution in [0.3, 0.4) is 0 Å². The number of aromatic nitrogens is 2. The highest BCUT2D eigenvalue weighted by molar-refractivity contribution is 5.80. The van der Waals surface area contributed by atoms with Gasteiger partial charge in [-0.25, -0.2) is 4.68 Å². The van der Waals surface area contributed by atoms with E-state index in [1.165, 1.54) is 11.1 Å². The monoisotopic (exact) mass is 361 g/mol. The summed E-state index contributed by atoms with van der Waals surface area (Å²) in [7, 11) is 1.79. The molecule has 0 bridgehead atoms. The Hall–Kier alpha value is -3.28. The van der Waals surface area contributed by atoms with Gasteiger partial charge in [-0.3, -0.25) is 4.99 Å². The quantitative estimate of drug-likeness (QED) is 0.554. The highest BCUT2D eigenvalue weighted by atomic mass is 16.5. The Kier molecular flexibility index (Phi) is 5.05. The number of rotatable bonds is 4. The Bertz CT molecular complexity index is 920. The fourth-order valence-corrected chi connectivity index (χ4v) is 3.27. The van der Waals surface area contributed by atoms with Gasteiger partial charge in [-0.05, 0) is 29.8 Å². The molecule has 0 saturated carbocycles. The van der Waals surface area contributed by atoms with Crippen molar-refractivity contribution >= 4 is 5.96 Å². The van der Waals surface area contributed by atoms with Crippen LogP contribution in [0.5, 0.6) is 5.75 Å². The van der Waals surface area contributed by atoms with Crippen molar-refractivity contribution in [2.45, 2.75) is 19.0 Å². The number of hydrogen-bond acceptors (Lipinski definition) is 3. The summed E-state index contributed by atoms with van der Waals surface area (Å²) in [6.07, 6.45) is 4.63. The lowest BCUT2D eigenvalue weighted by Gasteiger charge is -2.28. The molecule has 0 spiro atoms. The lowest BCUT2D eigenvalue weighted by atomic mass is 10.0. The normalized spacial score (nSPS) is 16.3. The molecule has 0 radical (unpaired) electrons. The van der Waals surface area contributed by atoms with E-state index >= 15 is 0 Å². The zero-order valence-electron chi connectivity index (χ0n) is 15.3. The molecule has 1 aliphatic rings. The Balaban J connectivity index is 1.42. The van der Waals surface area contributed by atoms with Crippen LogP contribution < -0.4 is 15.4 Å². The zero-order chi connectivity index (χ0) is 18.5. The molecule has 3 aromatic rings. The molecule has 1 aliphatic heterocycles. The van der Waals surface area contributed by atoms with Crippen LogP contribution in [-0.4, -0.2) is 29.4 Å². The number of nitrogens with zero attached hydrogens (tertiary/aromatic N) is 3. The van der Waals surface area contributed by atoms with Crippen LogP contribution in [0, 0.1) is 0 Å². The van der Waals surface area contributed by atoms with Gasteiger partial charge in [0.15, 0.2) is 5.96 Å². The molecule has 4 rings (SSSR count). The first-order valence-corrected chi connectivity index (χ1v) is 9.11. The van der Waals surface area contributed by atoms with Crippen molar-refractivity contribution in [2.24, 2.45) is 4.99 Å². The fourth-order valence-electron chi connectivity index (χ4n) is 3.27. The Morgan fingerprint density at radius 3 is 3.00 bits per heavy atom. The first-order valence-electron chi connectivity index (χ1n) is 9.11. The predicted molar refractivity (Wildman–Crippen MR) is 106 cm³/mol. The van der Waals surface area contributed by atoms with Gasteiger partial charge in [-0.1, -0.05) is 30.3 Å². The second-order valence-electron chi connectivity index (χ2n) is 6.42. The van der Waals surface area contributed by atoms with Crippen LogP contribution in [0.25, 0.3) is 5.69 Å². The van der Waals surface area contributed by atoms with Crippen LogP contribution in [0.4, 0.5) is 0 Å². The van der Waals surface area contributed by atoms with Crippen molar-refractivity contribution in [1.29, 1.82) is 0 Å². The number of hydrogen-bond donors (Lipinski definition) is 2. The summed E-state index contributed by atoms with van der Waals surface area (Å²) in [6, 6.07) is 18.6. The van der Waals surface area contributed by atoms with Crippen molar-refractivity contribution in [2.75, 3.05) is 13.7 Å². The standard InChI is InChI=1S/C21H23N5O/c1-22-21(25-19-10-13-27-20-9-3-2-8-18(19)20)23-15-16-6-4-7-17(14-16)26-12-5-11-24-26/h2-9,11-12,14,19H,10,13,15H2,1H3,(H2,22,23,25). The molecule has 6 nitrogen and oxygen atoms in total. The number of fused-ring (bicyclic) bond motifs is 1. The first kappa shape index (κ1) is 17.1. The van der Waals surface area contributed by atoms with E-state index in [4.69, 9.17) is 4.74 Å². The van der Waals surface area contributed by atoms with Gasteiger partial charge in [0.05, 0.1) is 18.3 Å². The van der Waals surface area contributed by atoms with Crippen LogP contribution >= 0.6 is 0 Å². The summed E-state index contributed by atoms with van der Waals surface area (Å²) < 4.78 is 7.59. The van der Waals surface area contributed by atoms with Gasteiger partial charge < -0.3 is 15.4 Å². The molecule has 27 heavy (non-hydrogen) atoms. The van der Waals surface area contributed by atoms with Gasteiger partial charge in [0.25, 0.3) is 0 Å². The van der Waals surface area contributed by atoms with E-state index in [2.05, 4.69) is 38.9 Å². The first-order chi connectivity index (χ1) is 13.3.